The summed E-state index contributed by atoms with van der Waals surface area (Å²) in [6.45, 7) is 1.53. The van der Waals surface area contributed by atoms with E-state index in [4.69, 9.17) is 9.47 Å². The van der Waals surface area contributed by atoms with Crippen LogP contribution in [0, 0.1) is 11.6 Å². The summed E-state index contributed by atoms with van der Waals surface area (Å²) in [7, 11) is 0. The van der Waals surface area contributed by atoms with Crippen LogP contribution in [-0.4, -0.2) is 41.0 Å². The summed E-state index contributed by atoms with van der Waals surface area (Å²) >= 11 is 2.20. The number of hydrogen-bond acceptors (Lipinski definition) is 8. The van der Waals surface area contributed by atoms with E-state index in [0.717, 1.165) is 35.2 Å². The second-order valence-electron chi connectivity index (χ2n) is 4.38. The monoisotopic (exact) mass is 389 g/mol. The Kier molecular flexibility index (Phi) is 7.07. The predicted octanol–water partition coefficient (Wildman–Crippen LogP) is 2.49. The summed E-state index contributed by atoms with van der Waals surface area (Å²) in [5.74, 6) is -2.75. The van der Waals surface area contributed by atoms with Crippen LogP contribution in [-0.2, 0) is 14.3 Å². The van der Waals surface area contributed by atoms with E-state index >= 15 is 0 Å². The second-order valence-corrected chi connectivity index (χ2v) is 6.58. The van der Waals surface area contributed by atoms with Crippen LogP contribution in [0.15, 0.2) is 22.5 Å². The van der Waals surface area contributed by atoms with E-state index in [1.807, 2.05) is 0 Å². The van der Waals surface area contributed by atoms with E-state index in [1.54, 1.807) is 6.92 Å². The van der Waals surface area contributed by atoms with Gasteiger partial charge in [0.1, 0.15) is 5.82 Å². The van der Waals surface area contributed by atoms with Crippen molar-refractivity contribution in [2.45, 2.75) is 11.3 Å². The molecule has 11 heteroatoms. The van der Waals surface area contributed by atoms with Crippen molar-refractivity contribution in [2.24, 2.45) is 0 Å². The molecule has 0 fully saturated rings. The van der Waals surface area contributed by atoms with Crippen LogP contribution in [0.25, 0.3) is 0 Å². The van der Waals surface area contributed by atoms with E-state index in [9.17, 15) is 18.4 Å². The zero-order valence-corrected chi connectivity index (χ0v) is 14.6. The molecule has 2 aromatic rings. The molecule has 0 aliphatic carbocycles. The maximum atomic E-state index is 13.4. The van der Waals surface area contributed by atoms with Gasteiger partial charge in [-0.1, -0.05) is 23.1 Å². The molecule has 0 spiro atoms. The molecule has 0 bridgehead atoms. The van der Waals surface area contributed by atoms with Crippen molar-refractivity contribution in [2.75, 3.05) is 24.3 Å². The number of carbonyl (C=O) groups excluding carboxylic acids is 2. The highest BCUT2D eigenvalue weighted by Crippen LogP contribution is 2.25. The van der Waals surface area contributed by atoms with Crippen LogP contribution in [0.3, 0.4) is 0 Å². The summed E-state index contributed by atoms with van der Waals surface area (Å²) in [6.07, 6.45) is 0. The van der Waals surface area contributed by atoms with Gasteiger partial charge in [-0.15, -0.1) is 10.2 Å². The van der Waals surface area contributed by atoms with Crippen molar-refractivity contribution >= 4 is 40.1 Å². The topological polar surface area (TPSA) is 90.4 Å². The number of amides is 1. The number of aromatic nitrogens is 2. The molecule has 0 atom stereocenters. The quantitative estimate of drug-likeness (QED) is 0.421. The Morgan fingerprint density at radius 3 is 2.84 bits per heavy atom. The Balaban J connectivity index is 1.79. The maximum absolute atomic E-state index is 13.4. The molecule has 0 unspecified atom stereocenters. The van der Waals surface area contributed by atoms with E-state index in [1.165, 1.54) is 0 Å². The fourth-order valence-electron chi connectivity index (χ4n) is 1.53. The van der Waals surface area contributed by atoms with E-state index < -0.39 is 24.1 Å². The molecule has 1 heterocycles. The molecule has 0 aliphatic rings. The molecule has 1 aromatic carbocycles. The Hall–Kier alpha value is -2.27. The van der Waals surface area contributed by atoms with Gasteiger partial charge in [-0.05, 0) is 19.1 Å². The summed E-state index contributed by atoms with van der Waals surface area (Å²) < 4.78 is 36.4. The van der Waals surface area contributed by atoms with E-state index in [0.29, 0.717) is 17.0 Å². The Morgan fingerprint density at radius 2 is 2.12 bits per heavy atom. The minimum absolute atomic E-state index is 0.0867. The van der Waals surface area contributed by atoms with Crippen molar-refractivity contribution < 1.29 is 27.8 Å². The molecule has 134 valence electrons. The third kappa shape index (κ3) is 6.27. The highest BCUT2D eigenvalue weighted by molar-refractivity contribution is 8.01. The molecular formula is C14H13F2N3O4S2. The standard InChI is InChI=1S/C14H13F2N3O4S2/c1-2-22-12(21)7-24-14-19-18-13(25-14)17-11(20)6-23-10-4-3-8(15)5-9(10)16/h3-5H,2,6-7H2,1H3,(H,17,18,20). The molecule has 7 nitrogen and oxygen atoms in total. The molecule has 0 saturated heterocycles. The van der Waals surface area contributed by atoms with Crippen LogP contribution in [0.2, 0.25) is 0 Å². The Bertz CT molecular complexity index is 757. The second kappa shape index (κ2) is 9.28. The Morgan fingerprint density at radius 1 is 1.32 bits per heavy atom. The van der Waals surface area contributed by atoms with Gasteiger partial charge in [0.25, 0.3) is 5.91 Å². The lowest BCUT2D eigenvalue weighted by Gasteiger charge is -2.06. The van der Waals surface area contributed by atoms with Gasteiger partial charge < -0.3 is 9.47 Å². The number of ether oxygens (including phenoxy) is 2. The first-order valence-electron chi connectivity index (χ1n) is 6.97. The number of hydrogen-bond donors (Lipinski definition) is 1. The minimum atomic E-state index is -0.902. The van der Waals surface area contributed by atoms with Crippen molar-refractivity contribution in [3.05, 3.63) is 29.8 Å². The summed E-state index contributed by atoms with van der Waals surface area (Å²) in [5.41, 5.74) is 0. The number of halogens is 2. The molecular weight excluding hydrogens is 376 g/mol. The molecule has 1 aromatic heterocycles. The number of esters is 1. The lowest BCUT2D eigenvalue weighted by molar-refractivity contribution is -0.139. The van der Waals surface area contributed by atoms with Crippen LogP contribution in [0.1, 0.15) is 6.92 Å². The maximum Gasteiger partial charge on any atom is 0.316 e. The van der Waals surface area contributed by atoms with E-state index in [2.05, 4.69) is 15.5 Å². The zero-order valence-electron chi connectivity index (χ0n) is 13.0. The minimum Gasteiger partial charge on any atom is -0.481 e. The summed E-state index contributed by atoms with van der Waals surface area (Å²) in [6, 6.07) is 2.77. The highest BCUT2D eigenvalue weighted by Gasteiger charge is 2.12. The average Bonchev–Trinajstić information content (AvgIpc) is 3.00. The van der Waals surface area contributed by atoms with Crippen LogP contribution < -0.4 is 10.1 Å². The number of benzene rings is 1. The van der Waals surface area contributed by atoms with Crippen molar-refractivity contribution in [1.82, 2.24) is 10.2 Å². The number of nitrogens with one attached hydrogen (secondary N) is 1. The van der Waals surface area contributed by atoms with Crippen LogP contribution >= 0.6 is 23.1 Å². The van der Waals surface area contributed by atoms with Gasteiger partial charge in [0.15, 0.2) is 22.5 Å². The van der Waals surface area contributed by atoms with Gasteiger partial charge in [0, 0.05) is 6.07 Å². The molecule has 1 amide bonds. The first kappa shape index (κ1) is 19.1. The molecule has 0 aliphatic heterocycles. The first-order chi connectivity index (χ1) is 12.0. The fourth-order valence-corrected chi connectivity index (χ4v) is 3.10. The zero-order chi connectivity index (χ0) is 18.2. The predicted molar refractivity (Wildman–Crippen MR) is 87.7 cm³/mol. The van der Waals surface area contributed by atoms with Gasteiger partial charge in [-0.3, -0.25) is 14.9 Å². The SMILES string of the molecule is CCOC(=O)CSc1nnc(NC(=O)COc2ccc(F)cc2F)s1. The lowest BCUT2D eigenvalue weighted by Crippen LogP contribution is -2.20. The summed E-state index contributed by atoms with van der Waals surface area (Å²) in [4.78, 5) is 23.0. The van der Waals surface area contributed by atoms with Crippen molar-refractivity contribution in [1.29, 1.82) is 0 Å². The third-order valence-corrected chi connectivity index (χ3v) is 4.47. The molecule has 0 saturated carbocycles. The smallest absolute Gasteiger partial charge is 0.316 e. The molecule has 1 N–H and O–H groups in total. The van der Waals surface area contributed by atoms with Crippen molar-refractivity contribution in [3.63, 3.8) is 0 Å². The van der Waals surface area contributed by atoms with Gasteiger partial charge in [-0.2, -0.15) is 0 Å². The highest BCUT2D eigenvalue weighted by atomic mass is 32.2. The number of nitrogens with zero attached hydrogens (tertiary/aromatic N) is 2. The van der Waals surface area contributed by atoms with Crippen molar-refractivity contribution in [3.8, 4) is 5.75 Å². The number of rotatable bonds is 8. The van der Waals surface area contributed by atoms with Gasteiger partial charge in [-0.25, -0.2) is 8.78 Å². The van der Waals surface area contributed by atoms with Crippen LogP contribution in [0.4, 0.5) is 13.9 Å². The number of anilines is 1. The first-order valence-corrected chi connectivity index (χ1v) is 8.77. The molecule has 25 heavy (non-hydrogen) atoms. The van der Waals surface area contributed by atoms with Gasteiger partial charge in [0.05, 0.1) is 12.4 Å². The Labute approximate surface area is 149 Å². The number of carbonyl (C=O) groups is 2. The van der Waals surface area contributed by atoms with E-state index in [-0.39, 0.29) is 22.6 Å². The van der Waals surface area contributed by atoms with Gasteiger partial charge >= 0.3 is 5.97 Å². The molecule has 0 radical (unpaired) electrons. The third-order valence-electron chi connectivity index (χ3n) is 2.52. The fraction of sp³-hybridized carbons (Fsp3) is 0.286. The average molecular weight is 389 g/mol. The largest absolute Gasteiger partial charge is 0.481 e. The summed E-state index contributed by atoms with van der Waals surface area (Å²) in [5, 5.41) is 10.2. The van der Waals surface area contributed by atoms with Gasteiger partial charge in [0.2, 0.25) is 5.13 Å². The number of thioether (sulfide) groups is 1. The van der Waals surface area contributed by atoms with Crippen LogP contribution in [0.5, 0.6) is 5.75 Å². The normalized spacial score (nSPS) is 10.4. The lowest BCUT2D eigenvalue weighted by atomic mass is 10.3. The molecule has 2 rings (SSSR count).